The van der Waals surface area contributed by atoms with Crippen LogP contribution in [0, 0.1) is 0 Å². The molecular formula is C25H29ClN8O5S. The summed E-state index contributed by atoms with van der Waals surface area (Å²) in [4.78, 5) is 38.4. The monoisotopic (exact) mass is 588 g/mol. The van der Waals surface area contributed by atoms with Crippen LogP contribution in [0.1, 0.15) is 13.8 Å². The molecule has 3 heterocycles. The van der Waals surface area contributed by atoms with Crippen LogP contribution in [0.3, 0.4) is 0 Å². The number of aromatic nitrogens is 3. The van der Waals surface area contributed by atoms with Crippen molar-refractivity contribution in [2.75, 3.05) is 49.2 Å². The topological polar surface area (TPSA) is 168 Å². The van der Waals surface area contributed by atoms with E-state index in [1.165, 1.54) is 19.5 Å². The smallest absolute Gasteiger partial charge is 0.238 e. The Morgan fingerprint density at radius 2 is 2.00 bits per heavy atom. The van der Waals surface area contributed by atoms with E-state index in [-0.39, 0.29) is 52.4 Å². The zero-order valence-electron chi connectivity index (χ0n) is 22.1. The van der Waals surface area contributed by atoms with E-state index < -0.39 is 15.1 Å². The van der Waals surface area contributed by atoms with Crippen LogP contribution in [0.2, 0.25) is 5.02 Å². The third-order valence-corrected chi connectivity index (χ3v) is 8.26. The lowest BCUT2D eigenvalue weighted by Crippen LogP contribution is -2.49. The number of anilines is 5. The molecule has 1 aliphatic rings. The van der Waals surface area contributed by atoms with Crippen molar-refractivity contribution < 1.29 is 22.7 Å². The van der Waals surface area contributed by atoms with E-state index in [1.807, 2.05) is 0 Å². The van der Waals surface area contributed by atoms with Gasteiger partial charge in [-0.3, -0.25) is 14.5 Å². The van der Waals surface area contributed by atoms with Crippen LogP contribution in [0.5, 0.6) is 5.75 Å². The molecule has 212 valence electrons. The maximum atomic E-state index is 12.8. The number of hydrogen-bond donors (Lipinski definition) is 4. The summed E-state index contributed by atoms with van der Waals surface area (Å²) in [6, 6.07) is 8.17. The molecule has 4 rings (SSSR count). The molecule has 0 atom stereocenters. The summed E-state index contributed by atoms with van der Waals surface area (Å²) in [7, 11) is -2.20. The van der Waals surface area contributed by atoms with Gasteiger partial charge in [0, 0.05) is 31.0 Å². The number of piperazine rings is 1. The first-order valence-corrected chi connectivity index (χ1v) is 14.2. The molecule has 4 N–H and O–H groups in total. The first-order valence-electron chi connectivity index (χ1n) is 12.3. The molecule has 3 aromatic rings. The summed E-state index contributed by atoms with van der Waals surface area (Å²) in [5.41, 5.74) is 1.24. The van der Waals surface area contributed by atoms with Gasteiger partial charge in [0.1, 0.15) is 10.8 Å². The van der Waals surface area contributed by atoms with E-state index in [0.29, 0.717) is 30.2 Å². The van der Waals surface area contributed by atoms with E-state index in [9.17, 15) is 18.0 Å². The number of hydrogen-bond acceptors (Lipinski definition) is 11. The summed E-state index contributed by atoms with van der Waals surface area (Å²) in [5.74, 6) is 0.355. The van der Waals surface area contributed by atoms with Crippen LogP contribution in [0.15, 0.2) is 47.8 Å². The Morgan fingerprint density at radius 3 is 2.73 bits per heavy atom. The van der Waals surface area contributed by atoms with Crippen molar-refractivity contribution in [3.63, 3.8) is 0 Å². The second-order valence-corrected chi connectivity index (χ2v) is 11.9. The van der Waals surface area contributed by atoms with Crippen molar-refractivity contribution in [3.8, 4) is 5.75 Å². The molecule has 0 bridgehead atoms. The summed E-state index contributed by atoms with van der Waals surface area (Å²) < 4.78 is 31.0. The summed E-state index contributed by atoms with van der Waals surface area (Å²) in [5, 5.41) is 10.9. The Kier molecular flexibility index (Phi) is 9.02. The fraction of sp³-hybridized carbons (Fsp3) is 0.320. The maximum absolute atomic E-state index is 12.8. The number of sulfone groups is 1. The molecule has 0 saturated carbocycles. The average molecular weight is 589 g/mol. The fourth-order valence-electron chi connectivity index (χ4n) is 3.80. The lowest BCUT2D eigenvalue weighted by atomic mass is 10.2. The number of nitrogens with one attached hydrogen (secondary N) is 4. The van der Waals surface area contributed by atoms with E-state index in [2.05, 4.69) is 36.2 Å². The van der Waals surface area contributed by atoms with Crippen molar-refractivity contribution in [1.82, 2.24) is 25.2 Å². The second kappa shape index (κ2) is 12.4. The van der Waals surface area contributed by atoms with Crippen LogP contribution >= 0.6 is 11.6 Å². The first kappa shape index (κ1) is 29.0. The van der Waals surface area contributed by atoms with Crippen molar-refractivity contribution in [3.05, 3.63) is 47.7 Å². The highest BCUT2D eigenvalue weighted by atomic mass is 35.5. The largest absolute Gasteiger partial charge is 0.494 e. The minimum absolute atomic E-state index is 0.0846. The fourth-order valence-corrected chi connectivity index (χ4v) is 5.02. The molecule has 1 fully saturated rings. The maximum Gasteiger partial charge on any atom is 0.238 e. The van der Waals surface area contributed by atoms with Gasteiger partial charge in [-0.15, -0.1) is 0 Å². The molecule has 1 aromatic carbocycles. The van der Waals surface area contributed by atoms with Crippen molar-refractivity contribution in [2.45, 2.75) is 24.1 Å². The lowest BCUT2D eigenvalue weighted by molar-refractivity contribution is -0.125. The number of carbonyl (C=O) groups is 2. The lowest BCUT2D eigenvalue weighted by Gasteiger charge is -2.25. The van der Waals surface area contributed by atoms with Gasteiger partial charge in [-0.25, -0.2) is 18.4 Å². The van der Waals surface area contributed by atoms with E-state index in [0.717, 1.165) is 0 Å². The summed E-state index contributed by atoms with van der Waals surface area (Å²) in [6.45, 7) is 4.51. The van der Waals surface area contributed by atoms with Crippen LogP contribution in [-0.2, 0) is 19.4 Å². The quantitative estimate of drug-likeness (QED) is 0.275. The minimum atomic E-state index is -3.67. The first-order chi connectivity index (χ1) is 19.1. The van der Waals surface area contributed by atoms with Crippen molar-refractivity contribution >= 4 is 62.1 Å². The van der Waals surface area contributed by atoms with Crippen LogP contribution in [0.25, 0.3) is 0 Å². The third-order valence-electron chi connectivity index (χ3n) is 5.87. The van der Waals surface area contributed by atoms with Gasteiger partial charge in [-0.05, 0) is 38.1 Å². The van der Waals surface area contributed by atoms with E-state index >= 15 is 0 Å². The van der Waals surface area contributed by atoms with Gasteiger partial charge in [-0.1, -0.05) is 11.6 Å². The van der Waals surface area contributed by atoms with Gasteiger partial charge in [0.25, 0.3) is 0 Å². The molecule has 15 heteroatoms. The molecule has 13 nitrogen and oxygen atoms in total. The number of nitrogens with zero attached hydrogens (tertiary/aromatic N) is 4. The van der Waals surface area contributed by atoms with Crippen molar-refractivity contribution in [1.29, 1.82) is 0 Å². The molecule has 0 radical (unpaired) electrons. The van der Waals surface area contributed by atoms with E-state index in [1.54, 1.807) is 49.1 Å². The van der Waals surface area contributed by atoms with Gasteiger partial charge < -0.3 is 26.0 Å². The molecule has 40 heavy (non-hydrogen) atoms. The summed E-state index contributed by atoms with van der Waals surface area (Å²) in [6.07, 6.45) is 2.77. The third kappa shape index (κ3) is 6.94. The van der Waals surface area contributed by atoms with E-state index in [4.69, 9.17) is 16.3 Å². The highest BCUT2D eigenvalue weighted by Crippen LogP contribution is 2.32. The molecule has 0 unspecified atom stereocenters. The average Bonchev–Trinajstić information content (AvgIpc) is 2.91. The Hall–Kier alpha value is -4.01. The molecule has 1 aliphatic heterocycles. The van der Waals surface area contributed by atoms with Crippen LogP contribution < -0.4 is 26.0 Å². The standard InChI is InChI=1S/C25H29ClN8O5S/c1-15(2)40(37,38)24-19(5-4-8-28-24)31-23-17(26)12-29-25(33-23)32-18-7-6-16(11-20(18)39-3)30-22(36)14-34-10-9-27-21(35)13-34/h4-8,11-12,15H,9-10,13-14H2,1-3H3,(H,27,35)(H,30,36)(H2,29,31,32,33). The minimum Gasteiger partial charge on any atom is -0.494 e. The number of rotatable bonds is 10. The Labute approximate surface area is 236 Å². The molecule has 2 aromatic heterocycles. The van der Waals surface area contributed by atoms with Gasteiger partial charge in [0.15, 0.2) is 20.7 Å². The number of carbonyl (C=O) groups excluding carboxylic acids is 2. The normalized spacial score (nSPS) is 14.0. The Morgan fingerprint density at radius 1 is 1.20 bits per heavy atom. The molecule has 0 spiro atoms. The number of pyridine rings is 1. The van der Waals surface area contributed by atoms with Gasteiger partial charge >= 0.3 is 0 Å². The molecular weight excluding hydrogens is 560 g/mol. The van der Waals surface area contributed by atoms with Crippen LogP contribution in [0.4, 0.5) is 28.8 Å². The number of methoxy groups -OCH3 is 1. The number of ether oxygens (including phenoxy) is 1. The molecule has 2 amide bonds. The summed E-state index contributed by atoms with van der Waals surface area (Å²) >= 11 is 6.31. The predicted octanol–water partition coefficient (Wildman–Crippen LogP) is 2.57. The highest BCUT2D eigenvalue weighted by molar-refractivity contribution is 7.92. The highest BCUT2D eigenvalue weighted by Gasteiger charge is 2.25. The number of amides is 2. The molecule has 1 saturated heterocycles. The number of benzene rings is 1. The predicted molar refractivity (Wildman–Crippen MR) is 151 cm³/mol. The Balaban J connectivity index is 1.49. The second-order valence-electron chi connectivity index (χ2n) is 9.11. The van der Waals surface area contributed by atoms with Gasteiger partial charge in [0.2, 0.25) is 17.8 Å². The number of halogens is 1. The van der Waals surface area contributed by atoms with Gasteiger partial charge in [0.05, 0.1) is 43.0 Å². The SMILES string of the molecule is COc1cc(NC(=O)CN2CCNC(=O)C2)ccc1Nc1ncc(Cl)c(Nc2cccnc2S(=O)(=O)C(C)C)n1. The van der Waals surface area contributed by atoms with Crippen LogP contribution in [-0.4, -0.2) is 78.6 Å². The zero-order valence-corrected chi connectivity index (χ0v) is 23.6. The molecule has 0 aliphatic carbocycles. The van der Waals surface area contributed by atoms with Crippen molar-refractivity contribution in [2.24, 2.45) is 0 Å². The Bertz CT molecular complexity index is 1520. The van der Waals surface area contributed by atoms with Gasteiger partial charge in [-0.2, -0.15) is 4.98 Å². The zero-order chi connectivity index (χ0) is 28.9.